The summed E-state index contributed by atoms with van der Waals surface area (Å²) >= 11 is -0.144. The van der Waals surface area contributed by atoms with Gasteiger partial charge in [-0.25, -0.2) is 32.2 Å². The fraction of sp³-hybridized carbons (Fsp3) is 0.450. The van der Waals surface area contributed by atoms with E-state index in [2.05, 4.69) is 20.3 Å². The number of hydrogen-bond donors (Lipinski definition) is 3. The number of ether oxygens (including phenoxy) is 1. The molecular weight excluding hydrogens is 442 g/mol. The second-order valence-corrected chi connectivity index (χ2v) is 8.84. The van der Waals surface area contributed by atoms with Crippen molar-refractivity contribution < 1.29 is 22.8 Å². The van der Waals surface area contributed by atoms with Gasteiger partial charge in [0, 0.05) is 13.1 Å². The number of benzene rings is 1. The molecule has 1 fully saturated rings. The van der Waals surface area contributed by atoms with Gasteiger partial charge in [0.15, 0.2) is 17.4 Å². The number of aryl methyl sites for hydroxylation is 1. The Morgan fingerprint density at radius 2 is 2.12 bits per heavy atom. The number of halogens is 2. The molecule has 32 heavy (non-hydrogen) atoms. The first-order valence-electron chi connectivity index (χ1n) is 10.3. The maximum absolute atomic E-state index is 14.9. The Kier molecular flexibility index (Phi) is 5.30. The van der Waals surface area contributed by atoms with Crippen LogP contribution in [0.15, 0.2) is 12.3 Å². The summed E-state index contributed by atoms with van der Waals surface area (Å²) in [6, 6.07) is 0.737. The molecule has 4 heterocycles. The third kappa shape index (κ3) is 3.42. The highest BCUT2D eigenvalue weighted by Gasteiger charge is 2.31. The maximum atomic E-state index is 14.9. The molecule has 12 heteroatoms. The summed E-state index contributed by atoms with van der Waals surface area (Å²) in [6.45, 7) is 4.80. The molecule has 0 amide bonds. The first kappa shape index (κ1) is 21.2. The van der Waals surface area contributed by atoms with Gasteiger partial charge in [0.2, 0.25) is 5.95 Å². The van der Waals surface area contributed by atoms with E-state index in [4.69, 9.17) is 4.74 Å². The highest BCUT2D eigenvalue weighted by Crippen LogP contribution is 2.42. The molecule has 1 aromatic carbocycles. The molecule has 2 aliphatic heterocycles. The molecule has 2 aromatic heterocycles. The Balaban J connectivity index is 1.56. The minimum absolute atomic E-state index is 0.0458. The first-order valence-corrected chi connectivity index (χ1v) is 11.0. The van der Waals surface area contributed by atoms with E-state index in [0.717, 1.165) is 6.20 Å². The average molecular weight is 464 g/mol. The number of β-amino-alcohol motifs (C(OH)–C–C–N with tert-alkyl or cyclic N) is 1. The molecule has 0 aliphatic carbocycles. The number of nitrogens with one attached hydrogen (secondary N) is 1. The van der Waals surface area contributed by atoms with Crippen molar-refractivity contribution in [2.24, 2.45) is 0 Å². The monoisotopic (exact) mass is 464 g/mol. The normalized spacial score (nSPS) is 23.3. The van der Waals surface area contributed by atoms with Crippen LogP contribution in [0.1, 0.15) is 25.2 Å². The number of hydrogen-bond acceptors (Lipinski definition) is 7. The van der Waals surface area contributed by atoms with Crippen LogP contribution in [0.4, 0.5) is 14.7 Å². The van der Waals surface area contributed by atoms with E-state index in [1.807, 2.05) is 11.5 Å². The smallest absolute Gasteiger partial charge is 0.223 e. The summed E-state index contributed by atoms with van der Waals surface area (Å²) in [7, 11) is 0. The second kappa shape index (κ2) is 8.01. The summed E-state index contributed by atoms with van der Waals surface area (Å²) < 4.78 is 50.1. The van der Waals surface area contributed by atoms with Crippen molar-refractivity contribution >= 4 is 28.8 Å². The fourth-order valence-electron chi connectivity index (χ4n) is 4.40. The molecule has 0 spiro atoms. The Labute approximate surface area is 186 Å². The van der Waals surface area contributed by atoms with Crippen LogP contribution in [0, 0.1) is 18.6 Å². The van der Waals surface area contributed by atoms with Crippen molar-refractivity contribution in [2.45, 2.75) is 38.5 Å². The maximum Gasteiger partial charge on any atom is 0.223 e. The standard InChI is InChI=1S/C20H22F2N6O3S/c1-9-8-31-19-11(5-12(21)17-18(19)28(9)10(2)24-17)16-13(22)6-23-20(26-16)25-14-3-4-27(32-30)7-15(14)29/h5-6,9,14-15,29,32H,3-4,7-8H2,1-2H3,(H,23,25,26)/t9-,14+,15+/m0/s1. The van der Waals surface area contributed by atoms with Crippen LogP contribution in [-0.2, 0) is 11.9 Å². The van der Waals surface area contributed by atoms with Gasteiger partial charge in [-0.15, -0.1) is 0 Å². The van der Waals surface area contributed by atoms with Gasteiger partial charge in [0.05, 0.1) is 41.8 Å². The zero-order chi connectivity index (χ0) is 22.6. The minimum atomic E-state index is -0.806. The molecule has 0 radical (unpaired) electrons. The van der Waals surface area contributed by atoms with Gasteiger partial charge in [0.25, 0.3) is 0 Å². The van der Waals surface area contributed by atoms with Crippen LogP contribution in [0.3, 0.4) is 0 Å². The fourth-order valence-corrected chi connectivity index (χ4v) is 4.84. The van der Waals surface area contributed by atoms with Crippen molar-refractivity contribution in [3.63, 3.8) is 0 Å². The van der Waals surface area contributed by atoms with Crippen molar-refractivity contribution in [1.29, 1.82) is 0 Å². The highest BCUT2D eigenvalue weighted by atomic mass is 32.2. The predicted octanol–water partition coefficient (Wildman–Crippen LogP) is 1.74. The third-order valence-corrected chi connectivity index (χ3v) is 6.54. The topological polar surface area (TPSA) is 105 Å². The third-order valence-electron chi connectivity index (χ3n) is 5.94. The van der Waals surface area contributed by atoms with Crippen molar-refractivity contribution in [3.8, 4) is 17.0 Å². The molecule has 1 saturated heterocycles. The average Bonchev–Trinajstić information content (AvgIpc) is 3.14. The number of aromatic nitrogens is 4. The van der Waals surface area contributed by atoms with E-state index in [-0.39, 0.29) is 47.2 Å². The Bertz CT molecular complexity index is 1220. The van der Waals surface area contributed by atoms with E-state index in [1.54, 1.807) is 11.2 Å². The van der Waals surface area contributed by atoms with E-state index < -0.39 is 23.8 Å². The number of aliphatic hydroxyl groups is 1. The number of rotatable bonds is 4. The molecule has 2 N–H and O–H groups in total. The van der Waals surface area contributed by atoms with Gasteiger partial charge < -0.3 is 19.7 Å². The second-order valence-electron chi connectivity index (χ2n) is 8.11. The van der Waals surface area contributed by atoms with Gasteiger partial charge in [-0.05, 0) is 26.3 Å². The zero-order valence-corrected chi connectivity index (χ0v) is 18.3. The summed E-state index contributed by atoms with van der Waals surface area (Å²) in [5.74, 6) is -0.246. The molecule has 0 unspecified atom stereocenters. The van der Waals surface area contributed by atoms with Gasteiger partial charge in [-0.3, -0.25) is 0 Å². The van der Waals surface area contributed by atoms with Crippen molar-refractivity contribution in [3.05, 3.63) is 29.7 Å². The first-order chi connectivity index (χ1) is 15.4. The van der Waals surface area contributed by atoms with E-state index >= 15 is 0 Å². The van der Waals surface area contributed by atoms with E-state index in [0.29, 0.717) is 36.7 Å². The molecule has 3 atom stereocenters. The molecule has 2 aliphatic rings. The molecule has 5 rings (SSSR count). The van der Waals surface area contributed by atoms with Crippen LogP contribution in [-0.4, -0.2) is 65.0 Å². The van der Waals surface area contributed by atoms with Crippen LogP contribution in [0.25, 0.3) is 22.3 Å². The zero-order valence-electron chi connectivity index (χ0n) is 17.4. The number of piperidine rings is 1. The lowest BCUT2D eigenvalue weighted by atomic mass is 10.0. The Morgan fingerprint density at radius 3 is 2.88 bits per heavy atom. The predicted molar refractivity (Wildman–Crippen MR) is 115 cm³/mol. The van der Waals surface area contributed by atoms with E-state index in [1.165, 1.54) is 6.07 Å². The summed E-state index contributed by atoms with van der Waals surface area (Å²) in [4.78, 5) is 12.6. The van der Waals surface area contributed by atoms with Gasteiger partial charge in [0.1, 0.15) is 29.2 Å². The summed E-state index contributed by atoms with van der Waals surface area (Å²) in [5.41, 5.74) is 0.714. The van der Waals surface area contributed by atoms with Crippen molar-refractivity contribution in [2.75, 3.05) is 25.0 Å². The Hall–Kier alpha value is -2.70. The van der Waals surface area contributed by atoms with Crippen molar-refractivity contribution in [1.82, 2.24) is 23.8 Å². The van der Waals surface area contributed by atoms with E-state index in [9.17, 15) is 18.1 Å². The summed E-state index contributed by atoms with van der Waals surface area (Å²) in [6.07, 6.45) is 0.697. The molecule has 9 nitrogen and oxygen atoms in total. The van der Waals surface area contributed by atoms with Crippen LogP contribution in [0.5, 0.6) is 5.75 Å². The molecule has 3 aromatic rings. The lowest BCUT2D eigenvalue weighted by molar-refractivity contribution is 0.0980. The molecular formula is C20H22F2N6O3S. The largest absolute Gasteiger partial charge is 0.488 e. The van der Waals surface area contributed by atoms with Crippen LogP contribution in [0.2, 0.25) is 0 Å². The minimum Gasteiger partial charge on any atom is -0.488 e. The quantitative estimate of drug-likeness (QED) is 0.505. The lowest BCUT2D eigenvalue weighted by Crippen LogP contribution is -2.48. The SMILES string of the molecule is Cc1nc2c(F)cc(-c3nc(N[C@@H]4CCN([SH]=O)C[C@H]4O)ncc3F)c3c2n1[C@@H](C)CO3. The molecule has 0 bridgehead atoms. The van der Waals surface area contributed by atoms with Gasteiger partial charge in [-0.1, -0.05) is 0 Å². The molecule has 0 saturated carbocycles. The molecule has 170 valence electrons. The number of anilines is 1. The number of thiol groups is 1. The Morgan fingerprint density at radius 1 is 1.31 bits per heavy atom. The van der Waals surface area contributed by atoms with Crippen LogP contribution < -0.4 is 10.1 Å². The number of aliphatic hydroxyl groups excluding tert-OH is 1. The highest BCUT2D eigenvalue weighted by molar-refractivity contribution is 7.63. The van der Waals surface area contributed by atoms with Gasteiger partial charge >= 0.3 is 0 Å². The van der Waals surface area contributed by atoms with Crippen LogP contribution >= 0.6 is 0 Å². The number of imidazole rings is 1. The summed E-state index contributed by atoms with van der Waals surface area (Å²) in [5, 5.41) is 13.3. The van der Waals surface area contributed by atoms with Gasteiger partial charge in [-0.2, -0.15) is 0 Å². The lowest BCUT2D eigenvalue weighted by Gasteiger charge is -2.33. The number of nitrogens with zero attached hydrogens (tertiary/aromatic N) is 5.